The van der Waals surface area contributed by atoms with Crippen molar-refractivity contribution in [3.8, 4) is 0 Å². The molecular weight excluding hydrogens is 439 g/mol. The summed E-state index contributed by atoms with van der Waals surface area (Å²) >= 11 is 0. The summed E-state index contributed by atoms with van der Waals surface area (Å²) in [5.41, 5.74) is 0. The topological polar surface area (TPSA) is 102 Å². The number of carbonyl (C=O) groups excluding carboxylic acids is 1. The summed E-state index contributed by atoms with van der Waals surface area (Å²) in [7, 11) is -4.17. The first kappa shape index (κ1) is 30.3. The molecule has 0 aromatic rings. The highest BCUT2D eigenvalue weighted by Gasteiger charge is 2.19. The number of allylic oxidation sites excluding steroid dienone is 2. The Labute approximate surface area is 191 Å². The minimum atomic E-state index is -3.16. The molecule has 0 bridgehead atoms. The zero-order valence-electron chi connectivity index (χ0n) is 19.3. The lowest BCUT2D eigenvalue weighted by Gasteiger charge is -2.13. The summed E-state index contributed by atoms with van der Waals surface area (Å²) in [5, 5.41) is 0. The van der Waals surface area contributed by atoms with Gasteiger partial charge in [-0.2, -0.15) is 4.21 Å². The molecule has 0 aliphatic heterocycles. The summed E-state index contributed by atoms with van der Waals surface area (Å²) in [4.78, 5) is 22.2. The molecule has 0 radical (unpaired) electrons. The summed E-state index contributed by atoms with van der Waals surface area (Å²) in [5.74, 6) is -0.323. The van der Waals surface area contributed by atoms with Gasteiger partial charge in [-0.3, -0.25) is 4.79 Å². The third-order valence-corrected chi connectivity index (χ3v) is 6.51. The van der Waals surface area contributed by atoms with Gasteiger partial charge in [0.15, 0.2) is 0 Å². The standard InChI is InChI=1S/C22H41O7PS/c1-3-4-5-6-7-8-9-10-11-12-13-14-15-16-17-18-22(23)28-19-21(27-2)20-29-31(26)30(24)25/h10-11,21H,3-9,12-20H2,1-2H3/b11-10-. The van der Waals surface area contributed by atoms with E-state index in [2.05, 4.69) is 23.3 Å². The van der Waals surface area contributed by atoms with Crippen LogP contribution in [0.5, 0.6) is 0 Å². The van der Waals surface area contributed by atoms with Crippen LogP contribution < -0.4 is 4.89 Å². The quantitative estimate of drug-likeness (QED) is 0.0899. The molecule has 0 amide bonds. The van der Waals surface area contributed by atoms with Crippen molar-refractivity contribution in [1.82, 2.24) is 0 Å². The molecule has 31 heavy (non-hydrogen) atoms. The number of unbranched alkanes of at least 4 members (excludes halogenated alkanes) is 11. The van der Waals surface area contributed by atoms with Crippen molar-refractivity contribution in [2.24, 2.45) is 0 Å². The van der Waals surface area contributed by atoms with Crippen molar-refractivity contribution in [3.05, 3.63) is 12.2 Å². The summed E-state index contributed by atoms with van der Waals surface area (Å²) < 4.78 is 36.2. The van der Waals surface area contributed by atoms with Crippen LogP contribution in [-0.4, -0.2) is 36.6 Å². The predicted octanol–water partition coefficient (Wildman–Crippen LogP) is 5.28. The van der Waals surface area contributed by atoms with Crippen molar-refractivity contribution in [3.63, 3.8) is 0 Å². The van der Waals surface area contributed by atoms with E-state index in [0.717, 1.165) is 25.7 Å². The van der Waals surface area contributed by atoms with E-state index in [9.17, 15) is 18.5 Å². The second-order valence-corrected chi connectivity index (χ2v) is 10.5. The zero-order valence-corrected chi connectivity index (χ0v) is 21.0. The summed E-state index contributed by atoms with van der Waals surface area (Å²) in [6.45, 7) is 1.95. The number of hydrogen-bond donors (Lipinski definition) is 0. The molecule has 0 aliphatic rings. The third kappa shape index (κ3) is 21.0. The SMILES string of the molecule is CCCCCCCC/C=C\CCCCCCCC(=O)OCC(COS(=O)[P+](=O)[O-])OC. The fraction of sp³-hybridized carbons (Fsp3) is 0.864. The van der Waals surface area contributed by atoms with Crippen LogP contribution in [0.4, 0.5) is 0 Å². The molecule has 3 atom stereocenters. The molecule has 0 aromatic heterocycles. The lowest BCUT2D eigenvalue weighted by Crippen LogP contribution is -2.26. The minimum absolute atomic E-state index is 0.0623. The van der Waals surface area contributed by atoms with Gasteiger partial charge in [0.1, 0.15) is 12.7 Å². The maximum absolute atomic E-state index is 11.8. The number of rotatable bonds is 22. The highest BCUT2D eigenvalue weighted by molar-refractivity contribution is 8.37. The molecule has 9 heteroatoms. The van der Waals surface area contributed by atoms with Gasteiger partial charge in [0, 0.05) is 13.5 Å². The Morgan fingerprint density at radius 3 is 2.03 bits per heavy atom. The van der Waals surface area contributed by atoms with Gasteiger partial charge >= 0.3 is 23.9 Å². The Balaban J connectivity index is 3.51. The molecule has 0 spiro atoms. The lowest BCUT2D eigenvalue weighted by molar-refractivity contribution is -0.159. The maximum Gasteiger partial charge on any atom is 0.445 e. The molecule has 0 fully saturated rings. The van der Waals surface area contributed by atoms with E-state index < -0.39 is 24.0 Å². The van der Waals surface area contributed by atoms with Crippen LogP contribution in [0.15, 0.2) is 12.2 Å². The number of esters is 1. The highest BCUT2D eigenvalue weighted by Crippen LogP contribution is 2.16. The molecule has 0 heterocycles. The van der Waals surface area contributed by atoms with E-state index in [1.54, 1.807) is 0 Å². The fourth-order valence-electron chi connectivity index (χ4n) is 2.96. The highest BCUT2D eigenvalue weighted by atomic mass is 32.7. The Morgan fingerprint density at radius 2 is 1.48 bits per heavy atom. The number of ether oxygens (including phenoxy) is 2. The second-order valence-electron chi connectivity index (χ2n) is 7.60. The normalized spacial score (nSPS) is 14.0. The Morgan fingerprint density at radius 1 is 0.935 bits per heavy atom. The van der Waals surface area contributed by atoms with E-state index in [4.69, 9.17) is 9.47 Å². The first-order valence-corrected chi connectivity index (χ1v) is 14.4. The molecular formula is C22H41O7PS. The molecule has 0 N–H and O–H groups in total. The summed E-state index contributed by atoms with van der Waals surface area (Å²) in [6, 6.07) is 0. The molecule has 0 aromatic carbocycles. The monoisotopic (exact) mass is 480 g/mol. The average molecular weight is 481 g/mol. The van der Waals surface area contributed by atoms with Crippen molar-refractivity contribution in [2.75, 3.05) is 20.3 Å². The average Bonchev–Trinajstić information content (AvgIpc) is 2.76. The predicted molar refractivity (Wildman–Crippen MR) is 123 cm³/mol. The van der Waals surface area contributed by atoms with E-state index >= 15 is 0 Å². The van der Waals surface area contributed by atoms with E-state index in [-0.39, 0.29) is 19.2 Å². The Kier molecular flexibility index (Phi) is 22.1. The molecule has 7 nitrogen and oxygen atoms in total. The van der Waals surface area contributed by atoms with Gasteiger partial charge in [0.25, 0.3) is 0 Å². The van der Waals surface area contributed by atoms with Crippen LogP contribution in [0.2, 0.25) is 0 Å². The van der Waals surface area contributed by atoms with E-state index in [1.165, 1.54) is 64.9 Å². The van der Waals surface area contributed by atoms with E-state index in [1.807, 2.05) is 0 Å². The van der Waals surface area contributed by atoms with E-state index in [0.29, 0.717) is 6.42 Å². The molecule has 182 valence electrons. The molecule has 0 saturated carbocycles. The maximum atomic E-state index is 11.8. The Bertz CT molecular complexity index is 514. The van der Waals surface area contributed by atoms with Gasteiger partial charge in [0.2, 0.25) is 0 Å². The van der Waals surface area contributed by atoms with Gasteiger partial charge in [0.05, 0.1) is 6.61 Å². The van der Waals surface area contributed by atoms with Crippen LogP contribution in [0.3, 0.4) is 0 Å². The van der Waals surface area contributed by atoms with Gasteiger partial charge in [-0.1, -0.05) is 75.0 Å². The summed E-state index contributed by atoms with van der Waals surface area (Å²) in [6.07, 6.45) is 19.9. The first-order chi connectivity index (χ1) is 15.0. The van der Waals surface area contributed by atoms with Crippen LogP contribution in [0.1, 0.15) is 96.8 Å². The van der Waals surface area contributed by atoms with Crippen molar-refractivity contribution in [1.29, 1.82) is 0 Å². The van der Waals surface area contributed by atoms with Crippen LogP contribution >= 0.6 is 7.23 Å². The molecule has 3 unspecified atom stereocenters. The van der Waals surface area contributed by atoms with Crippen LogP contribution in [0, 0.1) is 0 Å². The Hall–Kier alpha value is -0.660. The minimum Gasteiger partial charge on any atom is -0.581 e. The third-order valence-electron chi connectivity index (χ3n) is 4.88. The number of carbonyl (C=O) groups is 1. The number of hydrogen-bond acceptors (Lipinski definition) is 7. The lowest BCUT2D eigenvalue weighted by atomic mass is 10.1. The smallest absolute Gasteiger partial charge is 0.445 e. The zero-order chi connectivity index (χ0) is 23.2. The van der Waals surface area contributed by atoms with Gasteiger partial charge < -0.3 is 14.4 Å². The first-order valence-electron chi connectivity index (χ1n) is 11.5. The van der Waals surface area contributed by atoms with Crippen molar-refractivity contribution < 1.29 is 32.1 Å². The van der Waals surface area contributed by atoms with Crippen molar-refractivity contribution in [2.45, 2.75) is 103 Å². The van der Waals surface area contributed by atoms with Gasteiger partial charge in [-0.05, 0) is 32.1 Å². The molecule has 0 rings (SSSR count). The fourth-order valence-corrected chi connectivity index (χ4v) is 3.75. The second kappa shape index (κ2) is 22.5. The van der Waals surface area contributed by atoms with Crippen LogP contribution in [0.25, 0.3) is 0 Å². The molecule has 0 saturated heterocycles. The van der Waals surface area contributed by atoms with Crippen LogP contribution in [-0.2, 0) is 33.7 Å². The van der Waals surface area contributed by atoms with Gasteiger partial charge in [-0.25, -0.2) is 4.18 Å². The molecule has 0 aliphatic carbocycles. The van der Waals surface area contributed by atoms with Crippen molar-refractivity contribution >= 4 is 23.9 Å². The van der Waals surface area contributed by atoms with Gasteiger partial charge in [-0.15, -0.1) is 0 Å². The number of methoxy groups -OCH3 is 1. The largest absolute Gasteiger partial charge is 0.581 e.